The van der Waals surface area contributed by atoms with Gasteiger partial charge in [-0.2, -0.15) is 5.26 Å². The smallest absolute Gasteiger partial charge is 0.263 e. The first-order valence-electron chi connectivity index (χ1n) is 10.7. The van der Waals surface area contributed by atoms with E-state index in [0.29, 0.717) is 27.0 Å². The van der Waals surface area contributed by atoms with Gasteiger partial charge in [-0.1, -0.05) is 41.7 Å². The Hall–Kier alpha value is -3.79. The van der Waals surface area contributed by atoms with Crippen molar-refractivity contribution in [1.82, 2.24) is 15.2 Å². The number of sulfonamides is 1. The van der Waals surface area contributed by atoms with Gasteiger partial charge in [0.05, 0.1) is 16.2 Å². The van der Waals surface area contributed by atoms with Crippen LogP contribution in [-0.2, 0) is 14.8 Å². The van der Waals surface area contributed by atoms with Crippen LogP contribution in [0.2, 0.25) is 0 Å². The average molecular weight is 537 g/mol. The molecule has 2 aromatic carbocycles. The lowest BCUT2D eigenvalue weighted by Gasteiger charge is -2.09. The Morgan fingerprint density at radius 3 is 2.47 bits per heavy atom. The van der Waals surface area contributed by atoms with E-state index in [2.05, 4.69) is 31.3 Å². The molecule has 4 aromatic rings. The van der Waals surface area contributed by atoms with Gasteiger partial charge in [0, 0.05) is 23.4 Å². The number of nitriles is 1. The van der Waals surface area contributed by atoms with Crippen LogP contribution in [0.25, 0.3) is 11.3 Å². The van der Waals surface area contributed by atoms with E-state index in [-0.39, 0.29) is 22.4 Å². The fraction of sp³-hybridized carbons (Fsp3) is 0.125. The van der Waals surface area contributed by atoms with Crippen molar-refractivity contribution in [2.24, 2.45) is 0 Å². The summed E-state index contributed by atoms with van der Waals surface area (Å²) in [4.78, 5) is 17.1. The Morgan fingerprint density at radius 2 is 1.81 bits per heavy atom. The first-order valence-corrected chi connectivity index (χ1v) is 13.9. The van der Waals surface area contributed by atoms with Crippen molar-refractivity contribution in [2.45, 2.75) is 23.3 Å². The summed E-state index contributed by atoms with van der Waals surface area (Å²) in [5.41, 5.74) is 2.62. The molecule has 0 fully saturated rings. The maximum Gasteiger partial charge on any atom is 0.263 e. The molecule has 0 saturated carbocycles. The molecular weight excluding hydrogens is 517 g/mol. The molecule has 0 aliphatic heterocycles. The molecule has 9 nitrogen and oxygen atoms in total. The Morgan fingerprint density at radius 1 is 1.06 bits per heavy atom. The zero-order chi connectivity index (χ0) is 25.5. The van der Waals surface area contributed by atoms with Crippen LogP contribution in [0.1, 0.15) is 17.0 Å². The van der Waals surface area contributed by atoms with Crippen LogP contribution in [0.15, 0.2) is 76.7 Å². The Kier molecular flexibility index (Phi) is 7.94. The molecule has 2 aromatic heterocycles. The van der Waals surface area contributed by atoms with E-state index >= 15 is 0 Å². The maximum absolute atomic E-state index is 12.5. The number of pyridine rings is 1. The van der Waals surface area contributed by atoms with Crippen molar-refractivity contribution in [3.05, 3.63) is 77.3 Å². The Balaban J connectivity index is 1.33. The minimum absolute atomic E-state index is 0.0392. The number of hydrogen-bond donors (Lipinski definition) is 2. The fourth-order valence-electron chi connectivity index (χ4n) is 3.10. The molecule has 2 heterocycles. The lowest BCUT2D eigenvalue weighted by Crippen LogP contribution is -2.14. The summed E-state index contributed by atoms with van der Waals surface area (Å²) < 4.78 is 27.4. The number of aromatic nitrogens is 3. The van der Waals surface area contributed by atoms with E-state index < -0.39 is 10.0 Å². The van der Waals surface area contributed by atoms with Crippen LogP contribution >= 0.6 is 23.1 Å². The van der Waals surface area contributed by atoms with Gasteiger partial charge in [0.2, 0.25) is 11.0 Å². The number of anilines is 2. The second-order valence-electron chi connectivity index (χ2n) is 7.43. The standard InChI is InChI=1S/C24H20N6O3S3/c1-16-28-29-24(35-16)30-36(32,33)20-10-8-19(9-11-20)26-22(31)13-14-34-23-18(15-25)7-12-21(27-23)17-5-3-2-4-6-17/h2-12H,13-14H2,1H3,(H,26,31)(H,29,30). The summed E-state index contributed by atoms with van der Waals surface area (Å²) in [6, 6.07) is 21.2. The topological polar surface area (TPSA) is 138 Å². The van der Waals surface area contributed by atoms with Gasteiger partial charge in [-0.3, -0.25) is 9.52 Å². The van der Waals surface area contributed by atoms with Crippen molar-refractivity contribution < 1.29 is 13.2 Å². The molecule has 0 atom stereocenters. The van der Waals surface area contributed by atoms with Gasteiger partial charge < -0.3 is 5.32 Å². The van der Waals surface area contributed by atoms with Crippen molar-refractivity contribution in [2.75, 3.05) is 15.8 Å². The molecular formula is C24H20N6O3S3. The molecule has 0 bridgehead atoms. The zero-order valence-corrected chi connectivity index (χ0v) is 21.5. The van der Waals surface area contributed by atoms with Gasteiger partial charge in [-0.05, 0) is 43.3 Å². The van der Waals surface area contributed by atoms with Crippen LogP contribution < -0.4 is 10.0 Å². The summed E-state index contributed by atoms with van der Waals surface area (Å²) in [5, 5.41) is 21.1. The second kappa shape index (κ2) is 11.3. The molecule has 0 aliphatic rings. The van der Waals surface area contributed by atoms with Crippen molar-refractivity contribution in [3.63, 3.8) is 0 Å². The third-order valence-corrected chi connectivity index (χ3v) is 8.05. The Labute approximate surface area is 216 Å². The number of carbonyl (C=O) groups excluding carboxylic acids is 1. The predicted molar refractivity (Wildman–Crippen MR) is 140 cm³/mol. The van der Waals surface area contributed by atoms with Crippen LogP contribution in [0, 0.1) is 18.3 Å². The number of rotatable bonds is 9. The van der Waals surface area contributed by atoms with Crippen LogP contribution in [0.5, 0.6) is 0 Å². The molecule has 0 aliphatic carbocycles. The Bertz CT molecular complexity index is 1510. The maximum atomic E-state index is 12.5. The number of nitrogens with one attached hydrogen (secondary N) is 2. The molecule has 1 amide bonds. The van der Waals surface area contributed by atoms with E-state index in [4.69, 9.17) is 0 Å². The normalized spacial score (nSPS) is 11.0. The third kappa shape index (κ3) is 6.45. The van der Waals surface area contributed by atoms with E-state index in [1.54, 1.807) is 19.1 Å². The molecule has 4 rings (SSSR count). The number of nitrogens with zero attached hydrogens (tertiary/aromatic N) is 4. The molecule has 0 saturated heterocycles. The number of amides is 1. The number of hydrogen-bond acceptors (Lipinski definition) is 9. The van der Waals surface area contributed by atoms with Gasteiger partial charge in [0.25, 0.3) is 10.0 Å². The number of aryl methyl sites for hydroxylation is 1. The highest BCUT2D eigenvalue weighted by molar-refractivity contribution is 7.99. The summed E-state index contributed by atoms with van der Waals surface area (Å²) >= 11 is 2.47. The molecule has 0 unspecified atom stereocenters. The highest BCUT2D eigenvalue weighted by atomic mass is 32.2. The quantitative estimate of drug-likeness (QED) is 0.294. The molecule has 2 N–H and O–H groups in total. The number of thioether (sulfide) groups is 1. The molecule has 182 valence electrons. The predicted octanol–water partition coefficient (Wildman–Crippen LogP) is 4.70. The highest BCUT2D eigenvalue weighted by Gasteiger charge is 2.17. The third-order valence-electron chi connectivity index (χ3n) is 4.81. The number of benzene rings is 2. The second-order valence-corrected chi connectivity index (χ2v) is 11.4. The minimum atomic E-state index is -3.81. The average Bonchev–Trinajstić information content (AvgIpc) is 3.28. The summed E-state index contributed by atoms with van der Waals surface area (Å²) in [7, 11) is -3.81. The SMILES string of the molecule is Cc1nnc(NS(=O)(=O)c2ccc(NC(=O)CCSc3nc(-c4ccccc4)ccc3C#N)cc2)s1. The van der Waals surface area contributed by atoms with Gasteiger partial charge in [-0.25, -0.2) is 13.4 Å². The molecule has 36 heavy (non-hydrogen) atoms. The van der Waals surface area contributed by atoms with E-state index in [0.717, 1.165) is 22.6 Å². The lowest BCUT2D eigenvalue weighted by molar-refractivity contribution is -0.115. The first kappa shape index (κ1) is 25.3. The summed E-state index contributed by atoms with van der Waals surface area (Å²) in [5.74, 6) is 0.182. The fourth-order valence-corrected chi connectivity index (χ4v) is 5.83. The highest BCUT2D eigenvalue weighted by Crippen LogP contribution is 2.26. The largest absolute Gasteiger partial charge is 0.326 e. The zero-order valence-electron chi connectivity index (χ0n) is 19.0. The summed E-state index contributed by atoms with van der Waals surface area (Å²) in [6.07, 6.45) is 0.185. The van der Waals surface area contributed by atoms with Gasteiger partial charge >= 0.3 is 0 Å². The van der Waals surface area contributed by atoms with Gasteiger partial charge in [0.1, 0.15) is 16.1 Å². The van der Waals surface area contributed by atoms with Crippen molar-refractivity contribution >= 4 is 49.8 Å². The van der Waals surface area contributed by atoms with Crippen LogP contribution in [0.4, 0.5) is 10.8 Å². The van der Waals surface area contributed by atoms with Crippen LogP contribution in [0.3, 0.4) is 0 Å². The van der Waals surface area contributed by atoms with Crippen molar-refractivity contribution in [1.29, 1.82) is 5.26 Å². The van der Waals surface area contributed by atoms with E-state index in [1.807, 2.05) is 30.3 Å². The molecule has 12 heteroatoms. The first-order chi connectivity index (χ1) is 17.3. The minimum Gasteiger partial charge on any atom is -0.326 e. The van der Waals surface area contributed by atoms with Gasteiger partial charge in [-0.15, -0.1) is 22.0 Å². The van der Waals surface area contributed by atoms with Crippen LogP contribution in [-0.4, -0.2) is 35.3 Å². The molecule has 0 spiro atoms. The van der Waals surface area contributed by atoms with E-state index in [1.165, 1.54) is 36.0 Å². The number of carbonyl (C=O) groups is 1. The molecule has 0 radical (unpaired) electrons. The van der Waals surface area contributed by atoms with Gasteiger partial charge in [0.15, 0.2) is 0 Å². The lowest BCUT2D eigenvalue weighted by atomic mass is 10.1. The summed E-state index contributed by atoms with van der Waals surface area (Å²) in [6.45, 7) is 1.73. The van der Waals surface area contributed by atoms with Crippen molar-refractivity contribution in [3.8, 4) is 17.3 Å². The van der Waals surface area contributed by atoms with E-state index in [9.17, 15) is 18.5 Å². The monoisotopic (exact) mass is 536 g/mol.